The van der Waals surface area contributed by atoms with Crippen molar-refractivity contribution in [1.82, 2.24) is 4.41 Å². The maximum Gasteiger partial charge on any atom is 0.278 e. The molecule has 76 valence electrons. The highest BCUT2D eigenvalue weighted by atomic mass is 32.2. The first-order valence-corrected chi connectivity index (χ1v) is 5.44. The van der Waals surface area contributed by atoms with Crippen LogP contribution in [-0.4, -0.2) is 26.6 Å². The van der Waals surface area contributed by atoms with E-state index >= 15 is 0 Å². The number of aryl methyl sites for hydroxylation is 1. The van der Waals surface area contributed by atoms with Gasteiger partial charge in [0.1, 0.15) is 0 Å². The van der Waals surface area contributed by atoms with Gasteiger partial charge in [-0.1, -0.05) is 17.7 Å². The molecule has 1 aromatic rings. The zero-order valence-electron chi connectivity index (χ0n) is 8.14. The number of hydrazone groups is 1. The Kier molecular flexibility index (Phi) is 2.90. The summed E-state index contributed by atoms with van der Waals surface area (Å²) in [6.45, 7) is 5.06. The quantitative estimate of drug-likeness (QED) is 0.559. The molecule has 0 N–H and O–H groups in total. The third kappa shape index (κ3) is 1.93. The second kappa shape index (κ2) is 3.79. The Morgan fingerprint density at radius 3 is 2.21 bits per heavy atom. The van der Waals surface area contributed by atoms with E-state index < -0.39 is 10.0 Å². The summed E-state index contributed by atoms with van der Waals surface area (Å²) in [6.07, 6.45) is 0. The average molecular weight is 212 g/mol. The molecule has 0 aromatic heterocycles. The fraction of sp³-hybridized carbons (Fsp3) is 0.222. The van der Waals surface area contributed by atoms with Crippen LogP contribution in [0.2, 0.25) is 0 Å². The molecule has 0 amide bonds. The van der Waals surface area contributed by atoms with Crippen LogP contribution < -0.4 is 0 Å². The highest BCUT2D eigenvalue weighted by Gasteiger charge is 2.17. The van der Waals surface area contributed by atoms with E-state index in [0.717, 1.165) is 9.98 Å². The third-order valence-electron chi connectivity index (χ3n) is 1.87. The molecule has 14 heavy (non-hydrogen) atoms. The minimum atomic E-state index is -3.50. The number of sulfonamides is 1. The van der Waals surface area contributed by atoms with E-state index in [1.807, 2.05) is 6.92 Å². The fourth-order valence-electron chi connectivity index (χ4n) is 0.939. The molecule has 0 spiro atoms. The lowest BCUT2D eigenvalue weighted by atomic mass is 10.2. The van der Waals surface area contributed by atoms with Gasteiger partial charge in [0.15, 0.2) is 0 Å². The lowest BCUT2D eigenvalue weighted by Gasteiger charge is -2.12. The smallest absolute Gasteiger partial charge is 0.200 e. The van der Waals surface area contributed by atoms with Gasteiger partial charge in [-0.25, -0.2) is 0 Å². The van der Waals surface area contributed by atoms with E-state index in [0.29, 0.717) is 0 Å². The first-order valence-electron chi connectivity index (χ1n) is 4.00. The second-order valence-electron chi connectivity index (χ2n) is 2.89. The Morgan fingerprint density at radius 2 is 1.79 bits per heavy atom. The summed E-state index contributed by atoms with van der Waals surface area (Å²) in [7, 11) is -2.15. The molecular weight excluding hydrogens is 200 g/mol. The van der Waals surface area contributed by atoms with E-state index in [-0.39, 0.29) is 4.90 Å². The Morgan fingerprint density at radius 1 is 1.29 bits per heavy atom. The third-order valence-corrected chi connectivity index (χ3v) is 3.54. The number of rotatable bonds is 3. The SMILES string of the molecule is C=NN(C)S(=O)(=O)c1ccc(C)cc1. The normalized spacial score (nSPS) is 11.0. The Bertz CT molecular complexity index is 423. The van der Waals surface area contributed by atoms with Crippen molar-refractivity contribution in [2.24, 2.45) is 5.10 Å². The number of nitrogens with zero attached hydrogens (tertiary/aromatic N) is 2. The van der Waals surface area contributed by atoms with Gasteiger partial charge < -0.3 is 0 Å². The largest absolute Gasteiger partial charge is 0.278 e. The van der Waals surface area contributed by atoms with Crippen LogP contribution in [0.5, 0.6) is 0 Å². The molecule has 0 fully saturated rings. The number of hydrogen-bond donors (Lipinski definition) is 0. The van der Waals surface area contributed by atoms with Gasteiger partial charge in [-0.15, -0.1) is 0 Å². The van der Waals surface area contributed by atoms with Crippen LogP contribution in [0.3, 0.4) is 0 Å². The monoisotopic (exact) mass is 212 g/mol. The first-order chi connectivity index (χ1) is 6.48. The highest BCUT2D eigenvalue weighted by molar-refractivity contribution is 7.89. The summed E-state index contributed by atoms with van der Waals surface area (Å²) in [6, 6.07) is 6.58. The molecule has 0 bridgehead atoms. The number of benzene rings is 1. The summed E-state index contributed by atoms with van der Waals surface area (Å²) in [5, 5.41) is 3.35. The zero-order valence-corrected chi connectivity index (χ0v) is 8.95. The van der Waals surface area contributed by atoms with Crippen LogP contribution in [0.1, 0.15) is 5.56 Å². The summed E-state index contributed by atoms with van der Waals surface area (Å²) >= 11 is 0. The van der Waals surface area contributed by atoms with Crippen LogP contribution in [0, 0.1) is 6.92 Å². The minimum Gasteiger partial charge on any atom is -0.200 e. The van der Waals surface area contributed by atoms with Crippen LogP contribution in [-0.2, 0) is 10.0 Å². The summed E-state index contributed by atoms with van der Waals surface area (Å²) in [5.74, 6) is 0. The molecular formula is C9H12N2O2S. The molecule has 5 heteroatoms. The van der Waals surface area contributed by atoms with Gasteiger partial charge in [-0.3, -0.25) is 0 Å². The van der Waals surface area contributed by atoms with Crippen molar-refractivity contribution in [2.75, 3.05) is 7.05 Å². The van der Waals surface area contributed by atoms with Gasteiger partial charge >= 0.3 is 0 Å². The Balaban J connectivity index is 3.17. The van der Waals surface area contributed by atoms with Gasteiger partial charge in [0.25, 0.3) is 10.0 Å². The van der Waals surface area contributed by atoms with Gasteiger partial charge in [0.05, 0.1) is 4.90 Å². The zero-order chi connectivity index (χ0) is 10.8. The van der Waals surface area contributed by atoms with Crippen LogP contribution in [0.25, 0.3) is 0 Å². The molecule has 0 aliphatic rings. The summed E-state index contributed by atoms with van der Waals surface area (Å²) in [4.78, 5) is 0.220. The standard InChI is InChI=1S/C9H12N2O2S/c1-8-4-6-9(7-5-8)14(12,13)11(3)10-2/h4-7H,2H2,1,3H3. The predicted octanol–water partition coefficient (Wildman–Crippen LogP) is 1.23. The molecule has 4 nitrogen and oxygen atoms in total. The lowest BCUT2D eigenvalue weighted by molar-refractivity contribution is 0.492. The van der Waals surface area contributed by atoms with Crippen molar-refractivity contribution in [3.63, 3.8) is 0 Å². The average Bonchev–Trinajstić information content (AvgIpc) is 2.17. The molecule has 0 aliphatic carbocycles. The van der Waals surface area contributed by atoms with Crippen molar-refractivity contribution >= 4 is 16.7 Å². The Hall–Kier alpha value is -1.36. The molecule has 0 aliphatic heterocycles. The fourth-order valence-corrected chi connectivity index (χ4v) is 1.88. The minimum absolute atomic E-state index is 0.220. The van der Waals surface area contributed by atoms with Crippen molar-refractivity contribution in [1.29, 1.82) is 0 Å². The molecule has 1 aromatic carbocycles. The topological polar surface area (TPSA) is 49.7 Å². The first kappa shape index (κ1) is 10.7. The van der Waals surface area contributed by atoms with E-state index in [1.54, 1.807) is 24.3 Å². The molecule has 0 heterocycles. The predicted molar refractivity (Wildman–Crippen MR) is 55.7 cm³/mol. The van der Waals surface area contributed by atoms with Gasteiger partial charge in [0.2, 0.25) is 0 Å². The summed E-state index contributed by atoms with van der Waals surface area (Å²) < 4.78 is 24.2. The lowest BCUT2D eigenvalue weighted by Crippen LogP contribution is -2.21. The van der Waals surface area contributed by atoms with E-state index in [4.69, 9.17) is 0 Å². The number of hydrogen-bond acceptors (Lipinski definition) is 3. The van der Waals surface area contributed by atoms with Crippen molar-refractivity contribution < 1.29 is 8.42 Å². The van der Waals surface area contributed by atoms with Crippen molar-refractivity contribution in [2.45, 2.75) is 11.8 Å². The van der Waals surface area contributed by atoms with E-state index in [9.17, 15) is 8.42 Å². The molecule has 0 radical (unpaired) electrons. The van der Waals surface area contributed by atoms with Crippen molar-refractivity contribution in [3.8, 4) is 0 Å². The van der Waals surface area contributed by atoms with Gasteiger partial charge in [-0.2, -0.15) is 17.9 Å². The Labute approximate surface area is 83.9 Å². The molecule has 0 atom stereocenters. The van der Waals surface area contributed by atoms with Crippen molar-refractivity contribution in [3.05, 3.63) is 29.8 Å². The maximum atomic E-state index is 11.7. The van der Waals surface area contributed by atoms with Crippen LogP contribution in [0.15, 0.2) is 34.3 Å². The highest BCUT2D eigenvalue weighted by Crippen LogP contribution is 2.14. The summed E-state index contributed by atoms with van der Waals surface area (Å²) in [5.41, 5.74) is 1.01. The van der Waals surface area contributed by atoms with E-state index in [2.05, 4.69) is 11.8 Å². The molecule has 0 unspecified atom stereocenters. The van der Waals surface area contributed by atoms with Crippen LogP contribution in [0.4, 0.5) is 0 Å². The van der Waals surface area contributed by atoms with Gasteiger partial charge in [-0.05, 0) is 19.1 Å². The second-order valence-corrected chi connectivity index (χ2v) is 4.84. The molecule has 1 rings (SSSR count). The molecule has 0 saturated carbocycles. The van der Waals surface area contributed by atoms with Gasteiger partial charge in [0, 0.05) is 13.8 Å². The maximum absolute atomic E-state index is 11.7. The van der Waals surface area contributed by atoms with Crippen LogP contribution >= 0.6 is 0 Å². The van der Waals surface area contributed by atoms with E-state index in [1.165, 1.54) is 7.05 Å². The molecule has 0 saturated heterocycles.